The Hall–Kier alpha value is -2.29. The largest absolute Gasteiger partial charge is 0.481 e. The third-order valence-corrected chi connectivity index (χ3v) is 3.86. The van der Waals surface area contributed by atoms with Crippen molar-refractivity contribution in [3.8, 4) is 5.75 Å². The molecule has 2 aromatic carbocycles. The molecule has 0 saturated carbocycles. The highest BCUT2D eigenvalue weighted by molar-refractivity contribution is 5.81. The van der Waals surface area contributed by atoms with Crippen molar-refractivity contribution in [3.05, 3.63) is 65.7 Å². The Bertz CT molecular complexity index is 625. The topological polar surface area (TPSA) is 38.3 Å². The summed E-state index contributed by atoms with van der Waals surface area (Å²) in [5.41, 5.74) is 2.24. The van der Waals surface area contributed by atoms with Gasteiger partial charge in [0.2, 0.25) is 0 Å². The number of carbonyl (C=O) groups excluding carboxylic acids is 1. The van der Waals surface area contributed by atoms with Gasteiger partial charge < -0.3 is 10.1 Å². The zero-order valence-electron chi connectivity index (χ0n) is 14.1. The van der Waals surface area contributed by atoms with Gasteiger partial charge >= 0.3 is 0 Å². The van der Waals surface area contributed by atoms with Crippen LogP contribution in [0.4, 0.5) is 0 Å². The molecule has 0 aliphatic carbocycles. The molecule has 1 amide bonds. The third kappa shape index (κ3) is 4.85. The van der Waals surface area contributed by atoms with Crippen molar-refractivity contribution in [2.24, 2.45) is 0 Å². The van der Waals surface area contributed by atoms with E-state index in [2.05, 4.69) is 12.2 Å². The van der Waals surface area contributed by atoms with E-state index in [1.165, 1.54) is 0 Å². The average Bonchev–Trinajstić information content (AvgIpc) is 2.58. The Morgan fingerprint density at radius 3 is 2.39 bits per heavy atom. The third-order valence-electron chi connectivity index (χ3n) is 3.86. The van der Waals surface area contributed by atoms with Crippen LogP contribution in [-0.2, 0) is 4.79 Å². The van der Waals surface area contributed by atoms with E-state index in [-0.39, 0.29) is 11.9 Å². The maximum Gasteiger partial charge on any atom is 0.261 e. The van der Waals surface area contributed by atoms with Gasteiger partial charge in [0.15, 0.2) is 6.10 Å². The molecule has 0 aromatic heterocycles. The maximum atomic E-state index is 12.6. The first-order valence-corrected chi connectivity index (χ1v) is 8.22. The summed E-state index contributed by atoms with van der Waals surface area (Å²) in [5.74, 6) is 0.671. The quantitative estimate of drug-likeness (QED) is 0.822. The van der Waals surface area contributed by atoms with Crippen molar-refractivity contribution in [2.75, 3.05) is 0 Å². The first-order valence-electron chi connectivity index (χ1n) is 8.22. The fourth-order valence-corrected chi connectivity index (χ4v) is 2.55. The molecule has 0 unspecified atom stereocenters. The van der Waals surface area contributed by atoms with Crippen LogP contribution >= 0.6 is 0 Å². The van der Waals surface area contributed by atoms with Gasteiger partial charge in [0, 0.05) is 0 Å². The van der Waals surface area contributed by atoms with Gasteiger partial charge in [0.1, 0.15) is 5.75 Å². The monoisotopic (exact) mass is 311 g/mol. The summed E-state index contributed by atoms with van der Waals surface area (Å²) in [4.78, 5) is 12.6. The van der Waals surface area contributed by atoms with Crippen molar-refractivity contribution in [1.29, 1.82) is 0 Å². The summed E-state index contributed by atoms with van der Waals surface area (Å²) in [6.45, 7) is 6.04. The van der Waals surface area contributed by atoms with Crippen molar-refractivity contribution >= 4 is 5.91 Å². The van der Waals surface area contributed by atoms with Gasteiger partial charge in [-0.15, -0.1) is 0 Å². The number of rotatable bonds is 7. The number of benzene rings is 2. The fraction of sp³-hybridized carbons (Fsp3) is 0.350. The number of ether oxygens (including phenoxy) is 1. The summed E-state index contributed by atoms with van der Waals surface area (Å²) in [5, 5.41) is 3.10. The summed E-state index contributed by atoms with van der Waals surface area (Å²) in [6.07, 6.45) is 0.997. The van der Waals surface area contributed by atoms with E-state index >= 15 is 0 Å². The fourth-order valence-electron chi connectivity index (χ4n) is 2.55. The van der Waals surface area contributed by atoms with E-state index in [9.17, 15) is 4.79 Å². The lowest BCUT2D eigenvalue weighted by Gasteiger charge is -2.22. The second-order valence-electron chi connectivity index (χ2n) is 5.71. The molecule has 23 heavy (non-hydrogen) atoms. The maximum absolute atomic E-state index is 12.6. The molecule has 0 saturated heterocycles. The standard InChI is InChI=1S/C20H25NO2/c1-4-18(16-11-7-6-8-12-16)21-20(22)19(5-2)23-17-13-9-10-15(3)14-17/h6-14,18-19H,4-5H2,1-3H3,(H,21,22)/t18-,19-/m1/s1. The lowest BCUT2D eigenvalue weighted by atomic mass is 10.0. The minimum absolute atomic E-state index is 0.0128. The van der Waals surface area contributed by atoms with Crippen molar-refractivity contribution in [2.45, 2.75) is 45.8 Å². The minimum Gasteiger partial charge on any atom is -0.481 e. The van der Waals surface area contributed by atoms with E-state index < -0.39 is 6.10 Å². The molecule has 1 N–H and O–H groups in total. The van der Waals surface area contributed by atoms with Crippen LogP contribution in [0.15, 0.2) is 54.6 Å². The lowest BCUT2D eigenvalue weighted by molar-refractivity contribution is -0.128. The number of hydrogen-bond acceptors (Lipinski definition) is 2. The number of nitrogens with one attached hydrogen (secondary N) is 1. The van der Waals surface area contributed by atoms with Crippen molar-refractivity contribution in [3.63, 3.8) is 0 Å². The van der Waals surface area contributed by atoms with Crippen LogP contribution in [0, 0.1) is 6.92 Å². The van der Waals surface area contributed by atoms with Gasteiger partial charge in [-0.2, -0.15) is 0 Å². The van der Waals surface area contributed by atoms with Gasteiger partial charge in [-0.05, 0) is 43.0 Å². The molecular weight excluding hydrogens is 286 g/mol. The summed E-state index contributed by atoms with van der Waals surface area (Å²) in [7, 11) is 0. The predicted molar refractivity (Wildman–Crippen MR) is 93.5 cm³/mol. The summed E-state index contributed by atoms with van der Waals surface area (Å²) < 4.78 is 5.88. The molecule has 3 nitrogen and oxygen atoms in total. The molecule has 3 heteroatoms. The Morgan fingerprint density at radius 2 is 1.78 bits per heavy atom. The molecule has 122 valence electrons. The van der Waals surface area contributed by atoms with Gasteiger partial charge in [0.05, 0.1) is 6.04 Å². The van der Waals surface area contributed by atoms with Crippen LogP contribution in [0.2, 0.25) is 0 Å². The van der Waals surface area contributed by atoms with Gasteiger partial charge in [-0.25, -0.2) is 0 Å². The summed E-state index contributed by atoms with van der Waals surface area (Å²) >= 11 is 0. The second kappa shape index (κ2) is 8.37. The molecule has 0 bridgehead atoms. The van der Waals surface area contributed by atoms with E-state index in [0.29, 0.717) is 6.42 Å². The van der Waals surface area contributed by atoms with Crippen LogP contribution in [0.3, 0.4) is 0 Å². The zero-order chi connectivity index (χ0) is 16.7. The lowest BCUT2D eigenvalue weighted by Crippen LogP contribution is -2.39. The van der Waals surface area contributed by atoms with Crippen LogP contribution in [-0.4, -0.2) is 12.0 Å². The molecule has 2 atom stereocenters. The highest BCUT2D eigenvalue weighted by Gasteiger charge is 2.21. The van der Waals surface area contributed by atoms with Crippen molar-refractivity contribution < 1.29 is 9.53 Å². The molecule has 2 aromatic rings. The Balaban J connectivity index is 2.04. The van der Waals surface area contributed by atoms with Gasteiger partial charge in [-0.3, -0.25) is 4.79 Å². The predicted octanol–water partition coefficient (Wildman–Crippen LogP) is 4.42. The van der Waals surface area contributed by atoms with Crippen molar-refractivity contribution in [1.82, 2.24) is 5.32 Å². The highest BCUT2D eigenvalue weighted by Crippen LogP contribution is 2.19. The van der Waals surface area contributed by atoms with E-state index in [1.54, 1.807) is 0 Å². The number of carbonyl (C=O) groups is 1. The van der Waals surface area contributed by atoms with E-state index in [1.807, 2.05) is 68.4 Å². The molecule has 0 spiro atoms. The molecule has 0 radical (unpaired) electrons. The minimum atomic E-state index is -0.477. The molecule has 0 aliphatic rings. The molecule has 0 aliphatic heterocycles. The molecule has 0 heterocycles. The Kier molecular flexibility index (Phi) is 6.21. The SMILES string of the molecule is CC[C@@H](Oc1cccc(C)c1)C(=O)N[C@H](CC)c1ccccc1. The summed E-state index contributed by atoms with van der Waals surface area (Å²) in [6, 6.07) is 17.8. The molecule has 0 fully saturated rings. The highest BCUT2D eigenvalue weighted by atomic mass is 16.5. The number of aryl methyl sites for hydroxylation is 1. The smallest absolute Gasteiger partial charge is 0.261 e. The van der Waals surface area contributed by atoms with E-state index in [0.717, 1.165) is 23.3 Å². The Morgan fingerprint density at radius 1 is 1.04 bits per heavy atom. The van der Waals surface area contributed by atoms with Gasteiger partial charge in [0.25, 0.3) is 5.91 Å². The normalized spacial score (nSPS) is 13.2. The first kappa shape index (κ1) is 17.1. The number of amides is 1. The average molecular weight is 311 g/mol. The van der Waals surface area contributed by atoms with Crippen LogP contribution in [0.1, 0.15) is 43.9 Å². The van der Waals surface area contributed by atoms with Crippen LogP contribution in [0.5, 0.6) is 5.75 Å². The molecular formula is C20H25NO2. The van der Waals surface area contributed by atoms with E-state index in [4.69, 9.17) is 4.74 Å². The first-order chi connectivity index (χ1) is 11.1. The second-order valence-corrected chi connectivity index (χ2v) is 5.71. The van der Waals surface area contributed by atoms with Gasteiger partial charge in [-0.1, -0.05) is 56.3 Å². The van der Waals surface area contributed by atoms with Crippen LogP contribution < -0.4 is 10.1 Å². The Labute approximate surface area is 138 Å². The number of hydrogen-bond donors (Lipinski definition) is 1. The van der Waals surface area contributed by atoms with Crippen LogP contribution in [0.25, 0.3) is 0 Å². The zero-order valence-corrected chi connectivity index (χ0v) is 14.1. The molecule has 2 rings (SSSR count).